The number of rotatable bonds is 2. The Balaban J connectivity index is 1.72. The second-order valence-electron chi connectivity index (χ2n) is 5.62. The van der Waals surface area contributed by atoms with Crippen molar-refractivity contribution in [3.8, 4) is 0 Å². The third-order valence-electron chi connectivity index (χ3n) is 4.20. The van der Waals surface area contributed by atoms with Crippen molar-refractivity contribution >= 4 is 11.3 Å². The molecule has 0 unspecified atom stereocenters. The van der Waals surface area contributed by atoms with Crippen molar-refractivity contribution < 1.29 is 0 Å². The van der Waals surface area contributed by atoms with Crippen molar-refractivity contribution in [3.63, 3.8) is 0 Å². The number of thiazole rings is 1. The number of nitrogens with zero attached hydrogens (tertiary/aromatic N) is 1. The van der Waals surface area contributed by atoms with Gasteiger partial charge in [-0.05, 0) is 44.1 Å². The Kier molecular flexibility index (Phi) is 3.42. The van der Waals surface area contributed by atoms with Gasteiger partial charge < -0.3 is 5.73 Å². The highest BCUT2D eigenvalue weighted by Gasteiger charge is 2.35. The van der Waals surface area contributed by atoms with Gasteiger partial charge in [0.05, 0.1) is 5.54 Å². The van der Waals surface area contributed by atoms with Gasteiger partial charge in [0.15, 0.2) is 0 Å². The molecule has 100 valence electrons. The first-order valence-electron chi connectivity index (χ1n) is 6.94. The van der Waals surface area contributed by atoms with Gasteiger partial charge in [-0.1, -0.05) is 30.3 Å². The van der Waals surface area contributed by atoms with Gasteiger partial charge in [-0.3, -0.25) is 0 Å². The third-order valence-corrected chi connectivity index (χ3v) is 5.33. The topological polar surface area (TPSA) is 38.9 Å². The number of aromatic nitrogens is 1. The van der Waals surface area contributed by atoms with E-state index >= 15 is 0 Å². The fraction of sp³-hybridized carbons (Fsp3) is 0.438. The number of hydrogen-bond acceptors (Lipinski definition) is 3. The Hall–Kier alpha value is -1.19. The zero-order chi connectivity index (χ0) is 13.3. The second-order valence-corrected chi connectivity index (χ2v) is 6.85. The fourth-order valence-corrected chi connectivity index (χ4v) is 3.91. The lowest BCUT2D eigenvalue weighted by Gasteiger charge is -2.35. The molecule has 0 amide bonds. The van der Waals surface area contributed by atoms with Crippen LogP contribution in [-0.2, 0) is 5.54 Å². The van der Waals surface area contributed by atoms with Crippen LogP contribution in [0.2, 0.25) is 0 Å². The Labute approximate surface area is 118 Å². The van der Waals surface area contributed by atoms with E-state index in [1.807, 2.05) is 6.20 Å². The van der Waals surface area contributed by atoms with Gasteiger partial charge in [-0.25, -0.2) is 4.98 Å². The summed E-state index contributed by atoms with van der Waals surface area (Å²) in [4.78, 5) is 5.76. The van der Waals surface area contributed by atoms with Crippen LogP contribution in [-0.4, -0.2) is 4.98 Å². The highest BCUT2D eigenvalue weighted by Crippen LogP contribution is 2.42. The van der Waals surface area contributed by atoms with E-state index in [1.165, 1.54) is 23.3 Å². The van der Waals surface area contributed by atoms with Gasteiger partial charge in [-0.15, -0.1) is 11.3 Å². The molecule has 2 nitrogen and oxygen atoms in total. The Bertz CT molecular complexity index is 539. The van der Waals surface area contributed by atoms with Gasteiger partial charge in [0.2, 0.25) is 0 Å². The van der Waals surface area contributed by atoms with Crippen LogP contribution in [0.1, 0.15) is 47.0 Å². The van der Waals surface area contributed by atoms with E-state index in [9.17, 15) is 0 Å². The maximum atomic E-state index is 6.58. The second kappa shape index (κ2) is 5.06. The molecule has 0 aliphatic heterocycles. The van der Waals surface area contributed by atoms with Gasteiger partial charge >= 0.3 is 0 Å². The van der Waals surface area contributed by atoms with Crippen molar-refractivity contribution in [1.29, 1.82) is 0 Å². The molecule has 3 rings (SSSR count). The summed E-state index contributed by atoms with van der Waals surface area (Å²) in [7, 11) is 0. The lowest BCUT2D eigenvalue weighted by Crippen LogP contribution is -2.40. The van der Waals surface area contributed by atoms with E-state index in [0.29, 0.717) is 5.92 Å². The minimum atomic E-state index is -0.190. The van der Waals surface area contributed by atoms with Crippen molar-refractivity contribution in [3.05, 3.63) is 52.0 Å². The molecule has 0 atom stereocenters. The third kappa shape index (κ3) is 2.58. The highest BCUT2D eigenvalue weighted by molar-refractivity contribution is 7.11. The molecule has 2 aromatic rings. The van der Waals surface area contributed by atoms with Crippen LogP contribution >= 0.6 is 11.3 Å². The molecular formula is C16H20N2S. The molecule has 1 fully saturated rings. The van der Waals surface area contributed by atoms with Crippen molar-refractivity contribution in [1.82, 2.24) is 4.98 Å². The lowest BCUT2D eigenvalue weighted by molar-refractivity contribution is 0.276. The standard InChI is InChI=1S/C16H20N2S/c1-12-11-18-15(19-12)16(17)9-7-14(8-10-16)13-5-3-2-4-6-13/h2-6,11,14H,7-10,17H2,1H3. The predicted octanol–water partition coefficient (Wildman–Crippen LogP) is 3.96. The monoisotopic (exact) mass is 272 g/mol. The summed E-state index contributed by atoms with van der Waals surface area (Å²) in [6.07, 6.45) is 6.36. The minimum Gasteiger partial charge on any atom is -0.319 e. The Morgan fingerprint density at radius 2 is 1.89 bits per heavy atom. The van der Waals surface area contributed by atoms with Gasteiger partial charge in [0.25, 0.3) is 0 Å². The minimum absolute atomic E-state index is 0.190. The molecule has 1 heterocycles. The Morgan fingerprint density at radius 3 is 2.47 bits per heavy atom. The van der Waals surface area contributed by atoms with Crippen LogP contribution in [0.3, 0.4) is 0 Å². The summed E-state index contributed by atoms with van der Waals surface area (Å²) in [6.45, 7) is 2.10. The summed E-state index contributed by atoms with van der Waals surface area (Å²) in [5.74, 6) is 0.666. The number of benzene rings is 1. The first kappa shape index (κ1) is 12.8. The molecule has 1 saturated carbocycles. The van der Waals surface area contributed by atoms with Crippen LogP contribution in [0.4, 0.5) is 0 Å². The van der Waals surface area contributed by atoms with E-state index in [0.717, 1.165) is 17.8 Å². The van der Waals surface area contributed by atoms with Crippen LogP contribution in [0.25, 0.3) is 0 Å². The molecule has 19 heavy (non-hydrogen) atoms. The molecule has 1 aliphatic carbocycles. The van der Waals surface area contributed by atoms with Crippen LogP contribution in [0.5, 0.6) is 0 Å². The predicted molar refractivity (Wildman–Crippen MR) is 80.4 cm³/mol. The van der Waals surface area contributed by atoms with E-state index < -0.39 is 0 Å². The molecule has 2 N–H and O–H groups in total. The molecule has 0 saturated heterocycles. The molecule has 1 aromatic carbocycles. The SMILES string of the molecule is Cc1cnc(C2(N)CCC(c3ccccc3)CC2)s1. The largest absolute Gasteiger partial charge is 0.319 e. The van der Waals surface area contributed by atoms with E-state index in [-0.39, 0.29) is 5.54 Å². The van der Waals surface area contributed by atoms with E-state index in [2.05, 4.69) is 42.2 Å². The average molecular weight is 272 g/mol. The average Bonchev–Trinajstić information content (AvgIpc) is 2.88. The molecular weight excluding hydrogens is 252 g/mol. The summed E-state index contributed by atoms with van der Waals surface area (Å²) in [5.41, 5.74) is 7.85. The zero-order valence-electron chi connectivity index (χ0n) is 11.3. The zero-order valence-corrected chi connectivity index (χ0v) is 12.1. The van der Waals surface area contributed by atoms with Gasteiger partial charge in [0.1, 0.15) is 5.01 Å². The van der Waals surface area contributed by atoms with Gasteiger partial charge in [-0.2, -0.15) is 0 Å². The number of nitrogens with two attached hydrogens (primary N) is 1. The van der Waals surface area contributed by atoms with Crippen molar-refractivity contribution in [2.24, 2.45) is 5.73 Å². The normalized spacial score (nSPS) is 27.4. The van der Waals surface area contributed by atoms with Crippen LogP contribution in [0.15, 0.2) is 36.5 Å². The maximum Gasteiger partial charge on any atom is 0.113 e. The van der Waals surface area contributed by atoms with Gasteiger partial charge in [0, 0.05) is 11.1 Å². The number of hydrogen-bond donors (Lipinski definition) is 1. The smallest absolute Gasteiger partial charge is 0.113 e. The van der Waals surface area contributed by atoms with Crippen LogP contribution < -0.4 is 5.73 Å². The summed E-state index contributed by atoms with van der Waals surface area (Å²) in [5, 5.41) is 1.12. The first-order chi connectivity index (χ1) is 9.17. The van der Waals surface area contributed by atoms with Crippen LogP contribution in [0, 0.1) is 6.92 Å². The molecule has 1 aliphatic rings. The lowest BCUT2D eigenvalue weighted by atomic mass is 9.75. The quantitative estimate of drug-likeness (QED) is 0.898. The van der Waals surface area contributed by atoms with Crippen molar-refractivity contribution in [2.45, 2.75) is 44.1 Å². The van der Waals surface area contributed by atoms with Crippen molar-refractivity contribution in [2.75, 3.05) is 0 Å². The van der Waals surface area contributed by atoms with E-state index in [4.69, 9.17) is 5.73 Å². The maximum absolute atomic E-state index is 6.58. The molecule has 0 bridgehead atoms. The number of aryl methyl sites for hydroxylation is 1. The molecule has 3 heteroatoms. The summed E-state index contributed by atoms with van der Waals surface area (Å²) >= 11 is 1.75. The first-order valence-corrected chi connectivity index (χ1v) is 7.76. The Morgan fingerprint density at radius 1 is 1.21 bits per heavy atom. The molecule has 0 radical (unpaired) electrons. The van der Waals surface area contributed by atoms with E-state index in [1.54, 1.807) is 11.3 Å². The molecule has 1 aromatic heterocycles. The summed E-state index contributed by atoms with van der Waals surface area (Å²) in [6, 6.07) is 10.8. The fourth-order valence-electron chi connectivity index (χ4n) is 2.99. The highest BCUT2D eigenvalue weighted by atomic mass is 32.1. The summed E-state index contributed by atoms with van der Waals surface area (Å²) < 4.78 is 0. The molecule has 0 spiro atoms.